The van der Waals surface area contributed by atoms with Gasteiger partial charge < -0.3 is 4.90 Å². The van der Waals surface area contributed by atoms with Crippen LogP contribution in [0.2, 0.25) is 0 Å². The number of nitrogens with one attached hydrogen (secondary N) is 2. The summed E-state index contributed by atoms with van der Waals surface area (Å²) in [5.41, 5.74) is 0. The molecule has 0 aromatic heterocycles. The van der Waals surface area contributed by atoms with E-state index in [0.717, 1.165) is 13.0 Å². The van der Waals surface area contributed by atoms with Crippen molar-refractivity contribution in [2.45, 2.75) is 38.6 Å². The molecule has 2 rings (SSSR count). The van der Waals surface area contributed by atoms with Crippen molar-refractivity contribution in [3.8, 4) is 0 Å². The second kappa shape index (κ2) is 5.95. The zero-order valence-corrected chi connectivity index (χ0v) is 10.7. The zero-order valence-electron chi connectivity index (χ0n) is 10.7. The summed E-state index contributed by atoms with van der Waals surface area (Å²) in [6.45, 7) is 5.09. The summed E-state index contributed by atoms with van der Waals surface area (Å²) in [7, 11) is 0. The molecule has 0 radical (unpaired) electrons. The molecule has 2 fully saturated rings. The van der Waals surface area contributed by atoms with Gasteiger partial charge in [0.1, 0.15) is 0 Å². The maximum absolute atomic E-state index is 10.9. The number of likely N-dealkylation sites (tertiary alicyclic amines) is 1. The minimum Gasteiger partial charge on any atom is -0.301 e. The fourth-order valence-corrected chi connectivity index (χ4v) is 2.39. The van der Waals surface area contributed by atoms with E-state index < -0.39 is 11.8 Å². The Morgan fingerprint density at radius 3 is 2.67 bits per heavy atom. The van der Waals surface area contributed by atoms with Crippen LogP contribution in [0.1, 0.15) is 32.6 Å². The SMILES string of the molecule is CC1CCCCN1CCCN=C1NC(=O)C(=O)N1. The molecule has 2 heterocycles. The molecule has 0 aliphatic carbocycles. The van der Waals surface area contributed by atoms with Gasteiger partial charge in [0, 0.05) is 19.1 Å². The van der Waals surface area contributed by atoms with Gasteiger partial charge >= 0.3 is 11.8 Å². The molecule has 0 spiro atoms. The van der Waals surface area contributed by atoms with Gasteiger partial charge in [0.15, 0.2) is 0 Å². The van der Waals surface area contributed by atoms with Crippen molar-refractivity contribution in [3.05, 3.63) is 0 Å². The molecule has 6 heteroatoms. The van der Waals surface area contributed by atoms with Crippen LogP contribution in [-0.4, -0.2) is 48.3 Å². The fraction of sp³-hybridized carbons (Fsp3) is 0.750. The summed E-state index contributed by atoms with van der Waals surface area (Å²) in [6.07, 6.45) is 4.84. The van der Waals surface area contributed by atoms with Crippen molar-refractivity contribution < 1.29 is 9.59 Å². The van der Waals surface area contributed by atoms with Gasteiger partial charge in [-0.25, -0.2) is 0 Å². The summed E-state index contributed by atoms with van der Waals surface area (Å²) < 4.78 is 0. The van der Waals surface area contributed by atoms with Crippen molar-refractivity contribution in [1.29, 1.82) is 0 Å². The molecule has 0 saturated carbocycles. The lowest BCUT2D eigenvalue weighted by atomic mass is 10.0. The van der Waals surface area contributed by atoms with Crippen LogP contribution in [0, 0.1) is 0 Å². The minimum atomic E-state index is -0.626. The molecule has 0 aromatic rings. The maximum Gasteiger partial charge on any atom is 0.316 e. The van der Waals surface area contributed by atoms with E-state index >= 15 is 0 Å². The summed E-state index contributed by atoms with van der Waals surface area (Å²) in [5.74, 6) is -0.964. The Bertz CT molecular complexity index is 349. The van der Waals surface area contributed by atoms with Crippen LogP contribution in [-0.2, 0) is 9.59 Å². The van der Waals surface area contributed by atoms with Crippen LogP contribution in [0.4, 0.5) is 0 Å². The lowest BCUT2D eigenvalue weighted by molar-refractivity contribution is -0.135. The third-order valence-electron chi connectivity index (χ3n) is 3.48. The van der Waals surface area contributed by atoms with E-state index in [1.807, 2.05) is 0 Å². The van der Waals surface area contributed by atoms with E-state index in [4.69, 9.17) is 0 Å². The van der Waals surface area contributed by atoms with Gasteiger partial charge in [0.25, 0.3) is 0 Å². The highest BCUT2D eigenvalue weighted by atomic mass is 16.2. The zero-order chi connectivity index (χ0) is 13.0. The number of piperidine rings is 1. The summed E-state index contributed by atoms with van der Waals surface area (Å²) in [6, 6.07) is 0.664. The number of aliphatic imine (C=N–C) groups is 1. The number of carbonyl (C=O) groups is 2. The van der Waals surface area contributed by atoms with E-state index in [-0.39, 0.29) is 5.96 Å². The Kier molecular flexibility index (Phi) is 4.30. The van der Waals surface area contributed by atoms with E-state index in [0.29, 0.717) is 12.6 Å². The molecule has 2 aliphatic rings. The number of amides is 2. The van der Waals surface area contributed by atoms with Crippen molar-refractivity contribution in [2.24, 2.45) is 4.99 Å². The number of guanidine groups is 1. The first-order valence-corrected chi connectivity index (χ1v) is 6.57. The van der Waals surface area contributed by atoms with E-state index in [1.54, 1.807) is 0 Å². The molecule has 1 unspecified atom stereocenters. The normalized spacial score (nSPS) is 24.9. The molecule has 6 nitrogen and oxygen atoms in total. The molecule has 2 aliphatic heterocycles. The van der Waals surface area contributed by atoms with Crippen LogP contribution in [0.25, 0.3) is 0 Å². The van der Waals surface area contributed by atoms with Gasteiger partial charge in [0.2, 0.25) is 5.96 Å². The van der Waals surface area contributed by atoms with Gasteiger partial charge in [-0.05, 0) is 32.7 Å². The Labute approximate surface area is 107 Å². The quantitative estimate of drug-likeness (QED) is 0.540. The van der Waals surface area contributed by atoms with E-state index in [2.05, 4.69) is 27.4 Å². The van der Waals surface area contributed by atoms with Gasteiger partial charge in [-0.2, -0.15) is 0 Å². The summed E-state index contributed by atoms with van der Waals surface area (Å²) in [5, 5.41) is 4.78. The first kappa shape index (κ1) is 13.0. The molecular weight excluding hydrogens is 232 g/mol. The number of rotatable bonds is 4. The monoisotopic (exact) mass is 252 g/mol. The van der Waals surface area contributed by atoms with Crippen LogP contribution in [0.5, 0.6) is 0 Å². The third kappa shape index (κ3) is 3.29. The Balaban J connectivity index is 1.68. The van der Waals surface area contributed by atoms with E-state index in [1.165, 1.54) is 25.8 Å². The number of carbonyl (C=O) groups excluding carboxylic acids is 2. The smallest absolute Gasteiger partial charge is 0.301 e. The standard InChI is InChI=1S/C12H20N4O2/c1-9-5-2-3-7-16(9)8-4-6-13-12-14-10(17)11(18)15-12/h9H,2-8H2,1H3,(H2,13,14,15,17,18). The molecule has 2 amide bonds. The number of hydrogen-bond donors (Lipinski definition) is 2. The summed E-state index contributed by atoms with van der Waals surface area (Å²) in [4.78, 5) is 28.4. The van der Waals surface area contributed by atoms with Gasteiger partial charge in [0.05, 0.1) is 0 Å². The molecular formula is C12H20N4O2. The third-order valence-corrected chi connectivity index (χ3v) is 3.48. The maximum atomic E-state index is 10.9. The molecule has 2 saturated heterocycles. The van der Waals surface area contributed by atoms with Gasteiger partial charge in [-0.15, -0.1) is 0 Å². The van der Waals surface area contributed by atoms with Crippen LogP contribution in [0.3, 0.4) is 0 Å². The molecule has 0 aromatic carbocycles. The topological polar surface area (TPSA) is 73.8 Å². The van der Waals surface area contributed by atoms with Crippen LogP contribution >= 0.6 is 0 Å². The predicted molar refractivity (Wildman–Crippen MR) is 68.1 cm³/mol. The van der Waals surface area contributed by atoms with Crippen molar-refractivity contribution in [3.63, 3.8) is 0 Å². The lowest BCUT2D eigenvalue weighted by Crippen LogP contribution is -2.38. The van der Waals surface area contributed by atoms with Crippen molar-refractivity contribution in [1.82, 2.24) is 15.5 Å². The highest BCUT2D eigenvalue weighted by molar-refractivity contribution is 6.45. The average molecular weight is 252 g/mol. The minimum absolute atomic E-state index is 0.289. The highest BCUT2D eigenvalue weighted by Crippen LogP contribution is 2.16. The van der Waals surface area contributed by atoms with Crippen molar-refractivity contribution in [2.75, 3.05) is 19.6 Å². The number of hydrogen-bond acceptors (Lipinski definition) is 4. The van der Waals surface area contributed by atoms with Crippen LogP contribution < -0.4 is 10.6 Å². The van der Waals surface area contributed by atoms with Crippen LogP contribution in [0.15, 0.2) is 4.99 Å². The van der Waals surface area contributed by atoms with Gasteiger partial charge in [-0.3, -0.25) is 25.2 Å². The second-order valence-corrected chi connectivity index (χ2v) is 4.87. The number of nitrogens with zero attached hydrogens (tertiary/aromatic N) is 2. The second-order valence-electron chi connectivity index (χ2n) is 4.87. The Morgan fingerprint density at radius 2 is 2.00 bits per heavy atom. The molecule has 0 bridgehead atoms. The molecule has 1 atom stereocenters. The largest absolute Gasteiger partial charge is 0.316 e. The average Bonchev–Trinajstić information content (AvgIpc) is 2.66. The van der Waals surface area contributed by atoms with Crippen molar-refractivity contribution >= 4 is 17.8 Å². The summed E-state index contributed by atoms with van der Waals surface area (Å²) >= 11 is 0. The van der Waals surface area contributed by atoms with E-state index in [9.17, 15) is 9.59 Å². The predicted octanol–water partition coefficient (Wildman–Crippen LogP) is -0.147. The fourth-order valence-electron chi connectivity index (χ4n) is 2.39. The first-order valence-electron chi connectivity index (χ1n) is 6.57. The Hall–Kier alpha value is -1.43. The molecule has 2 N–H and O–H groups in total. The first-order chi connectivity index (χ1) is 8.66. The molecule has 18 heavy (non-hydrogen) atoms. The molecule has 100 valence electrons. The lowest BCUT2D eigenvalue weighted by Gasteiger charge is -2.33. The highest BCUT2D eigenvalue weighted by Gasteiger charge is 2.24. The van der Waals surface area contributed by atoms with Gasteiger partial charge in [-0.1, -0.05) is 6.42 Å². The Morgan fingerprint density at radius 1 is 1.28 bits per heavy atom.